The number of fused-ring (bicyclic) bond motifs is 2. The lowest BCUT2D eigenvalue weighted by Crippen LogP contribution is -2.22. The van der Waals surface area contributed by atoms with E-state index in [0.29, 0.717) is 28.7 Å². The number of aryl methyl sites for hydroxylation is 2. The molecule has 0 radical (unpaired) electrons. The van der Waals surface area contributed by atoms with Crippen LogP contribution in [0, 0.1) is 5.92 Å². The molecule has 1 atom stereocenters. The van der Waals surface area contributed by atoms with Gasteiger partial charge in [-0.2, -0.15) is 0 Å². The topological polar surface area (TPSA) is 81.5 Å². The van der Waals surface area contributed by atoms with E-state index in [0.717, 1.165) is 24.8 Å². The minimum Gasteiger partial charge on any atom is -0.453 e. The number of nitrogens with zero attached hydrogens (tertiary/aromatic N) is 3. The average Bonchev–Trinajstić information content (AvgIpc) is 3.31. The number of ether oxygens (including phenoxy) is 1. The Bertz CT molecular complexity index is 1240. The van der Waals surface area contributed by atoms with Crippen LogP contribution in [-0.2, 0) is 40.8 Å². The average molecular weight is 462 g/mol. The lowest BCUT2D eigenvalue weighted by atomic mass is 9.90. The lowest BCUT2D eigenvalue weighted by molar-refractivity contribution is 0.0464. The molecular weight excluding hydrogens is 434 g/mol. The first-order chi connectivity index (χ1) is 14.7. The zero-order valence-corrected chi connectivity index (χ0v) is 19.8. The number of sulfonamides is 1. The molecule has 0 unspecified atom stereocenters. The van der Waals surface area contributed by atoms with E-state index >= 15 is 0 Å². The molecule has 1 aliphatic carbocycles. The van der Waals surface area contributed by atoms with E-state index < -0.39 is 10.0 Å². The van der Waals surface area contributed by atoms with E-state index in [1.54, 1.807) is 18.2 Å². The molecule has 1 aromatic carbocycles. The summed E-state index contributed by atoms with van der Waals surface area (Å²) >= 11 is 1.53. The second-order valence-electron chi connectivity index (χ2n) is 8.19. The van der Waals surface area contributed by atoms with Crippen LogP contribution >= 0.6 is 11.3 Å². The van der Waals surface area contributed by atoms with Crippen molar-refractivity contribution in [1.29, 1.82) is 0 Å². The van der Waals surface area contributed by atoms with Crippen molar-refractivity contribution in [1.82, 2.24) is 13.9 Å². The third kappa shape index (κ3) is 4.14. The van der Waals surface area contributed by atoms with Gasteiger partial charge in [0.15, 0.2) is 0 Å². The van der Waals surface area contributed by atoms with Crippen molar-refractivity contribution < 1.29 is 17.9 Å². The van der Waals surface area contributed by atoms with Crippen molar-refractivity contribution in [3.63, 3.8) is 0 Å². The molecule has 0 bridgehead atoms. The van der Waals surface area contributed by atoms with Gasteiger partial charge < -0.3 is 9.30 Å². The molecule has 0 N–H and O–H groups in total. The highest BCUT2D eigenvalue weighted by Crippen LogP contribution is 2.32. The van der Waals surface area contributed by atoms with E-state index in [1.807, 2.05) is 17.6 Å². The highest BCUT2D eigenvalue weighted by Gasteiger charge is 2.23. The van der Waals surface area contributed by atoms with Gasteiger partial charge in [0.2, 0.25) is 10.0 Å². The van der Waals surface area contributed by atoms with E-state index in [-0.39, 0.29) is 17.5 Å². The molecule has 9 heteroatoms. The molecule has 0 spiro atoms. The van der Waals surface area contributed by atoms with Gasteiger partial charge in [-0.25, -0.2) is 22.5 Å². The normalized spacial score (nSPS) is 16.6. The number of hydrogen-bond donors (Lipinski definition) is 0. The number of rotatable bonds is 6. The summed E-state index contributed by atoms with van der Waals surface area (Å²) in [6.07, 6.45) is 3.20. The van der Waals surface area contributed by atoms with Crippen LogP contribution in [0.1, 0.15) is 46.2 Å². The van der Waals surface area contributed by atoms with Crippen LogP contribution in [0.3, 0.4) is 0 Å². The minimum absolute atomic E-state index is 0.0378. The standard InChI is InChI=1S/C22H27N3O4S2/c1-5-25-18-8-7-16(31(27,28)24(3)4)12-17(18)23-21(25)13-29-22(26)20-11-15-10-14(2)6-9-19(15)30-20/h7-8,11-12,14H,5-6,9-10,13H2,1-4H3/t14-/m0/s1. The fourth-order valence-electron chi connectivity index (χ4n) is 4.00. The van der Waals surface area contributed by atoms with Crippen LogP contribution in [0.15, 0.2) is 29.2 Å². The molecule has 166 valence electrons. The predicted octanol–water partition coefficient (Wildman–Crippen LogP) is 3.85. The van der Waals surface area contributed by atoms with E-state index in [1.165, 1.54) is 40.2 Å². The molecule has 4 rings (SSSR count). The Morgan fingerprint density at radius 1 is 1.32 bits per heavy atom. The maximum Gasteiger partial charge on any atom is 0.348 e. The molecule has 7 nitrogen and oxygen atoms in total. The van der Waals surface area contributed by atoms with Crippen molar-refractivity contribution >= 4 is 38.4 Å². The van der Waals surface area contributed by atoms with E-state index in [9.17, 15) is 13.2 Å². The molecular formula is C22H27N3O4S2. The number of thiophene rings is 1. The molecule has 3 aromatic rings. The number of aromatic nitrogens is 2. The van der Waals surface area contributed by atoms with Crippen LogP contribution < -0.4 is 0 Å². The van der Waals surface area contributed by atoms with Crippen LogP contribution in [0.2, 0.25) is 0 Å². The summed E-state index contributed by atoms with van der Waals surface area (Å²) in [4.78, 5) is 19.3. The Kier molecular flexibility index (Phi) is 5.93. The molecule has 0 saturated carbocycles. The quantitative estimate of drug-likeness (QED) is 0.521. The number of carbonyl (C=O) groups excluding carboxylic acids is 1. The van der Waals surface area contributed by atoms with E-state index in [4.69, 9.17) is 4.74 Å². The first-order valence-corrected chi connectivity index (χ1v) is 12.7. The van der Waals surface area contributed by atoms with Gasteiger partial charge in [-0.3, -0.25) is 0 Å². The fourth-order valence-corrected chi connectivity index (χ4v) is 6.03. The van der Waals surface area contributed by atoms with Gasteiger partial charge in [-0.1, -0.05) is 6.92 Å². The summed E-state index contributed by atoms with van der Waals surface area (Å²) in [6, 6.07) is 6.87. The minimum atomic E-state index is -3.55. The molecule has 2 heterocycles. The summed E-state index contributed by atoms with van der Waals surface area (Å²) in [5.41, 5.74) is 2.65. The summed E-state index contributed by atoms with van der Waals surface area (Å²) in [5.74, 6) is 0.912. The Morgan fingerprint density at radius 2 is 2.10 bits per heavy atom. The molecule has 0 fully saturated rings. The fraction of sp³-hybridized carbons (Fsp3) is 0.455. The van der Waals surface area contributed by atoms with Gasteiger partial charge in [0.25, 0.3) is 0 Å². The van der Waals surface area contributed by atoms with Crippen LogP contribution in [-0.4, -0.2) is 42.3 Å². The van der Waals surface area contributed by atoms with Gasteiger partial charge in [-0.15, -0.1) is 11.3 Å². The largest absolute Gasteiger partial charge is 0.453 e. The summed E-state index contributed by atoms with van der Waals surface area (Å²) in [6.45, 7) is 4.89. The summed E-state index contributed by atoms with van der Waals surface area (Å²) < 4.78 is 33.6. The van der Waals surface area contributed by atoms with Crippen molar-refractivity contribution in [2.75, 3.05) is 14.1 Å². The molecule has 1 aliphatic rings. The number of benzene rings is 1. The van der Waals surface area contributed by atoms with Gasteiger partial charge >= 0.3 is 5.97 Å². The Labute approximate surface area is 186 Å². The van der Waals surface area contributed by atoms with Gasteiger partial charge in [0, 0.05) is 25.5 Å². The highest BCUT2D eigenvalue weighted by atomic mass is 32.2. The van der Waals surface area contributed by atoms with Crippen LogP contribution in [0.4, 0.5) is 0 Å². The molecule has 31 heavy (non-hydrogen) atoms. The second-order valence-corrected chi connectivity index (χ2v) is 11.5. The Morgan fingerprint density at radius 3 is 2.81 bits per heavy atom. The zero-order valence-electron chi connectivity index (χ0n) is 18.2. The smallest absolute Gasteiger partial charge is 0.348 e. The zero-order chi connectivity index (χ0) is 22.3. The number of imidazole rings is 1. The number of hydrogen-bond acceptors (Lipinski definition) is 6. The third-order valence-corrected chi connectivity index (χ3v) is 8.78. The lowest BCUT2D eigenvalue weighted by Gasteiger charge is -2.16. The van der Waals surface area contributed by atoms with Gasteiger partial charge in [-0.05, 0) is 61.9 Å². The molecule has 0 amide bonds. The highest BCUT2D eigenvalue weighted by molar-refractivity contribution is 7.89. The molecule has 0 saturated heterocycles. The monoisotopic (exact) mass is 461 g/mol. The van der Waals surface area contributed by atoms with Crippen molar-refractivity contribution in [2.24, 2.45) is 5.92 Å². The van der Waals surface area contributed by atoms with Crippen LogP contribution in [0.5, 0.6) is 0 Å². The second kappa shape index (κ2) is 8.37. The van der Waals surface area contributed by atoms with Gasteiger partial charge in [0.05, 0.1) is 15.9 Å². The molecule has 2 aromatic heterocycles. The Balaban J connectivity index is 1.56. The molecule has 0 aliphatic heterocycles. The summed E-state index contributed by atoms with van der Waals surface area (Å²) in [5, 5.41) is 0. The van der Waals surface area contributed by atoms with Crippen molar-refractivity contribution in [2.45, 2.75) is 51.2 Å². The Hall–Kier alpha value is -2.23. The van der Waals surface area contributed by atoms with Crippen molar-refractivity contribution in [3.8, 4) is 0 Å². The SMILES string of the molecule is CCn1c(COC(=O)c2cc3c(s2)CC[C@H](C)C3)nc2cc(S(=O)(=O)N(C)C)ccc21. The third-order valence-electron chi connectivity index (χ3n) is 5.76. The number of esters is 1. The maximum absolute atomic E-state index is 12.7. The number of carbonyl (C=O) groups is 1. The first-order valence-electron chi connectivity index (χ1n) is 10.4. The van der Waals surface area contributed by atoms with E-state index in [2.05, 4.69) is 11.9 Å². The predicted molar refractivity (Wildman–Crippen MR) is 121 cm³/mol. The maximum atomic E-state index is 12.7. The first kappa shape index (κ1) is 22.0. The van der Waals surface area contributed by atoms with Crippen molar-refractivity contribution in [3.05, 3.63) is 45.4 Å². The van der Waals surface area contributed by atoms with Gasteiger partial charge in [0.1, 0.15) is 17.3 Å². The summed E-state index contributed by atoms with van der Waals surface area (Å²) in [7, 11) is -0.550. The van der Waals surface area contributed by atoms with Crippen LogP contribution in [0.25, 0.3) is 11.0 Å².